The number of carbonyl (C=O) groups is 3. The van der Waals surface area contributed by atoms with Crippen molar-refractivity contribution in [1.82, 2.24) is 0 Å². The van der Waals surface area contributed by atoms with Crippen LogP contribution in [0, 0.1) is 0 Å². The average Bonchev–Trinajstić information content (AvgIpc) is 3.29. The fourth-order valence-corrected chi connectivity index (χ4v) is 8.48. The van der Waals surface area contributed by atoms with Gasteiger partial charge in [0.05, 0.1) is 0 Å². The van der Waals surface area contributed by atoms with Gasteiger partial charge < -0.3 is 14.2 Å². The number of rotatable bonds is 52. The minimum absolute atomic E-state index is 0.0702. The van der Waals surface area contributed by atoms with Crippen molar-refractivity contribution in [2.45, 2.75) is 316 Å². The first-order valence-electron chi connectivity index (χ1n) is 28.3. The van der Waals surface area contributed by atoms with Crippen LogP contribution in [0.5, 0.6) is 0 Å². The van der Waals surface area contributed by atoms with Crippen LogP contribution in [0.15, 0.2) is 24.3 Å². The van der Waals surface area contributed by atoms with Gasteiger partial charge in [0.15, 0.2) is 6.10 Å². The molecule has 0 radical (unpaired) electrons. The van der Waals surface area contributed by atoms with Gasteiger partial charge in [0.25, 0.3) is 0 Å². The molecular weight excluding hydrogens is 793 g/mol. The van der Waals surface area contributed by atoms with Gasteiger partial charge in [0.1, 0.15) is 13.2 Å². The molecule has 6 heteroatoms. The second-order valence-corrected chi connectivity index (χ2v) is 19.2. The third kappa shape index (κ3) is 50.9. The molecule has 0 spiro atoms. The molecule has 1 atom stereocenters. The highest BCUT2D eigenvalue weighted by Gasteiger charge is 2.19. The van der Waals surface area contributed by atoms with Gasteiger partial charge in [-0.2, -0.15) is 0 Å². The van der Waals surface area contributed by atoms with Crippen LogP contribution in [0.25, 0.3) is 0 Å². The smallest absolute Gasteiger partial charge is 0.306 e. The molecular formula is C58H108O6. The maximum atomic E-state index is 12.8. The van der Waals surface area contributed by atoms with Crippen molar-refractivity contribution < 1.29 is 28.6 Å². The minimum Gasteiger partial charge on any atom is -0.462 e. The molecule has 0 aliphatic carbocycles. The highest BCUT2D eigenvalue weighted by molar-refractivity contribution is 5.71. The van der Waals surface area contributed by atoms with E-state index < -0.39 is 6.10 Å². The second kappa shape index (κ2) is 53.5. The Labute approximate surface area is 398 Å². The zero-order valence-corrected chi connectivity index (χ0v) is 43.1. The van der Waals surface area contributed by atoms with Gasteiger partial charge >= 0.3 is 17.9 Å². The van der Waals surface area contributed by atoms with Crippen LogP contribution in [0.4, 0.5) is 0 Å². The SMILES string of the molecule is CC/C=C\C/C=C\CCCCCCCC(=O)OCC(COC(=O)CCCCCCCCCCCCCCCCCCCC)OC(=O)CCCCCCCCCCCCCCCCCC. The second-order valence-electron chi connectivity index (χ2n) is 19.2. The first kappa shape index (κ1) is 61.9. The maximum absolute atomic E-state index is 12.8. The third-order valence-electron chi connectivity index (χ3n) is 12.7. The van der Waals surface area contributed by atoms with Gasteiger partial charge in [0.2, 0.25) is 0 Å². The summed E-state index contributed by atoms with van der Waals surface area (Å²) in [6.45, 7) is 6.57. The molecule has 376 valence electrons. The molecule has 0 saturated carbocycles. The first-order valence-corrected chi connectivity index (χ1v) is 28.3. The van der Waals surface area contributed by atoms with Crippen LogP contribution >= 0.6 is 0 Å². The van der Waals surface area contributed by atoms with E-state index in [0.717, 1.165) is 83.5 Å². The first-order chi connectivity index (χ1) is 31.5. The fraction of sp³-hybridized carbons (Fsp3) is 0.879. The van der Waals surface area contributed by atoms with E-state index in [-0.39, 0.29) is 31.1 Å². The van der Waals surface area contributed by atoms with Gasteiger partial charge in [-0.05, 0) is 44.9 Å². The number of hydrogen-bond acceptors (Lipinski definition) is 6. The van der Waals surface area contributed by atoms with Crippen molar-refractivity contribution in [3.05, 3.63) is 24.3 Å². The van der Waals surface area contributed by atoms with Crippen LogP contribution in [-0.4, -0.2) is 37.2 Å². The summed E-state index contributed by atoms with van der Waals surface area (Å²) in [7, 11) is 0. The average molecular weight is 901 g/mol. The summed E-state index contributed by atoms with van der Waals surface area (Å²) in [5.41, 5.74) is 0. The lowest BCUT2D eigenvalue weighted by molar-refractivity contribution is -0.167. The number of ether oxygens (including phenoxy) is 3. The summed E-state index contributed by atoms with van der Waals surface area (Å²) in [5.74, 6) is -0.865. The maximum Gasteiger partial charge on any atom is 0.306 e. The van der Waals surface area contributed by atoms with E-state index in [0.29, 0.717) is 19.3 Å². The van der Waals surface area contributed by atoms with Crippen LogP contribution in [0.2, 0.25) is 0 Å². The van der Waals surface area contributed by atoms with Gasteiger partial charge in [-0.15, -0.1) is 0 Å². The zero-order valence-electron chi connectivity index (χ0n) is 43.1. The zero-order chi connectivity index (χ0) is 46.5. The van der Waals surface area contributed by atoms with Gasteiger partial charge in [-0.25, -0.2) is 0 Å². The molecule has 0 rings (SSSR count). The lowest BCUT2D eigenvalue weighted by atomic mass is 10.0. The van der Waals surface area contributed by atoms with Crippen LogP contribution in [-0.2, 0) is 28.6 Å². The predicted molar refractivity (Wildman–Crippen MR) is 275 cm³/mol. The number of carbonyl (C=O) groups excluding carboxylic acids is 3. The normalized spacial score (nSPS) is 12.1. The highest BCUT2D eigenvalue weighted by atomic mass is 16.6. The third-order valence-corrected chi connectivity index (χ3v) is 12.7. The molecule has 0 N–H and O–H groups in total. The summed E-state index contributed by atoms with van der Waals surface area (Å²) in [4.78, 5) is 38.1. The predicted octanol–water partition coefficient (Wildman–Crippen LogP) is 18.7. The highest BCUT2D eigenvalue weighted by Crippen LogP contribution is 2.17. The summed E-state index contributed by atoms with van der Waals surface area (Å²) in [5, 5.41) is 0. The monoisotopic (exact) mass is 901 g/mol. The van der Waals surface area contributed by atoms with Crippen LogP contribution in [0.1, 0.15) is 310 Å². The lowest BCUT2D eigenvalue weighted by Crippen LogP contribution is -2.30. The van der Waals surface area contributed by atoms with Crippen molar-refractivity contribution in [3.63, 3.8) is 0 Å². The van der Waals surface area contributed by atoms with E-state index in [9.17, 15) is 14.4 Å². The molecule has 0 aromatic heterocycles. The Morgan fingerprint density at radius 2 is 0.609 bits per heavy atom. The van der Waals surface area contributed by atoms with Crippen LogP contribution < -0.4 is 0 Å². The Morgan fingerprint density at radius 3 is 0.938 bits per heavy atom. The molecule has 0 bridgehead atoms. The number of hydrogen-bond donors (Lipinski definition) is 0. The Hall–Kier alpha value is -2.11. The van der Waals surface area contributed by atoms with Crippen molar-refractivity contribution in [3.8, 4) is 0 Å². The Balaban J connectivity index is 4.29. The van der Waals surface area contributed by atoms with E-state index in [4.69, 9.17) is 14.2 Å². The topological polar surface area (TPSA) is 78.9 Å². The molecule has 0 heterocycles. The van der Waals surface area contributed by atoms with E-state index >= 15 is 0 Å². The fourth-order valence-electron chi connectivity index (χ4n) is 8.48. The molecule has 1 unspecified atom stereocenters. The summed E-state index contributed by atoms with van der Waals surface area (Å²) < 4.78 is 16.8. The number of esters is 3. The summed E-state index contributed by atoms with van der Waals surface area (Å²) in [6.07, 6.45) is 61.7. The summed E-state index contributed by atoms with van der Waals surface area (Å²) >= 11 is 0. The Morgan fingerprint density at radius 1 is 0.328 bits per heavy atom. The molecule has 0 amide bonds. The van der Waals surface area contributed by atoms with Crippen LogP contribution in [0.3, 0.4) is 0 Å². The van der Waals surface area contributed by atoms with Gasteiger partial charge in [0, 0.05) is 19.3 Å². The van der Waals surface area contributed by atoms with Gasteiger partial charge in [-0.1, -0.05) is 270 Å². The van der Waals surface area contributed by atoms with E-state index in [2.05, 4.69) is 45.1 Å². The Bertz CT molecular complexity index is 1040. The van der Waals surface area contributed by atoms with Crippen molar-refractivity contribution in [2.24, 2.45) is 0 Å². The number of unbranched alkanes of at least 4 members (excludes halogenated alkanes) is 37. The molecule has 0 aliphatic rings. The van der Waals surface area contributed by atoms with Gasteiger partial charge in [-0.3, -0.25) is 14.4 Å². The Kier molecular flexibility index (Phi) is 51.7. The van der Waals surface area contributed by atoms with Crippen molar-refractivity contribution in [2.75, 3.05) is 13.2 Å². The van der Waals surface area contributed by atoms with Crippen molar-refractivity contribution in [1.29, 1.82) is 0 Å². The standard InChI is InChI=1S/C58H108O6/c1-4-7-10-13-16-19-22-25-27-29-30-32-33-36-39-42-45-48-51-57(60)63-54-55(53-62-56(59)50-47-44-41-38-35-24-21-18-15-12-9-6-3)64-58(61)52-49-46-43-40-37-34-31-28-26-23-20-17-14-11-8-5-2/h9,12,18,21,55H,4-8,10-11,13-17,19-20,22-54H2,1-3H3/b12-9-,21-18-. The molecule has 0 aromatic carbocycles. The molecule has 0 saturated heterocycles. The van der Waals surface area contributed by atoms with E-state index in [1.165, 1.54) is 186 Å². The molecule has 0 aliphatic heterocycles. The molecule has 0 fully saturated rings. The lowest BCUT2D eigenvalue weighted by Gasteiger charge is -2.18. The molecule has 6 nitrogen and oxygen atoms in total. The quantitative estimate of drug-likeness (QED) is 0.0262. The molecule has 0 aromatic rings. The largest absolute Gasteiger partial charge is 0.462 e. The van der Waals surface area contributed by atoms with Crippen molar-refractivity contribution >= 4 is 17.9 Å². The minimum atomic E-state index is -0.771. The summed E-state index contributed by atoms with van der Waals surface area (Å²) in [6, 6.07) is 0. The van der Waals surface area contributed by atoms with E-state index in [1.54, 1.807) is 0 Å². The molecule has 64 heavy (non-hydrogen) atoms. The number of allylic oxidation sites excluding steroid dienone is 4. The van der Waals surface area contributed by atoms with E-state index in [1.807, 2.05) is 0 Å².